The molecule has 7 heteroatoms. The molecule has 0 unspecified atom stereocenters. The summed E-state index contributed by atoms with van der Waals surface area (Å²) in [7, 11) is 1.95. The summed E-state index contributed by atoms with van der Waals surface area (Å²) < 4.78 is 1.96. The van der Waals surface area contributed by atoms with Crippen LogP contribution in [-0.2, 0) is 24.0 Å². The maximum absolute atomic E-state index is 11.8. The number of carbonyl (C=O) groups excluding carboxylic acids is 1. The van der Waals surface area contributed by atoms with Gasteiger partial charge in [-0.25, -0.2) is 9.97 Å². The molecule has 0 spiro atoms. The molecule has 1 aromatic carbocycles. The van der Waals surface area contributed by atoms with E-state index in [1.807, 2.05) is 42.1 Å². The van der Waals surface area contributed by atoms with E-state index in [0.717, 1.165) is 29.1 Å². The number of hydrogen-bond donors (Lipinski definition) is 2. The first-order chi connectivity index (χ1) is 11.2. The lowest BCUT2D eigenvalue weighted by atomic mass is 10.3. The van der Waals surface area contributed by atoms with E-state index in [9.17, 15) is 4.79 Å². The number of rotatable bonds is 7. The van der Waals surface area contributed by atoms with Crippen LogP contribution in [0.4, 0.5) is 0 Å². The first-order valence-electron chi connectivity index (χ1n) is 7.46. The minimum Gasteiger partial charge on any atom is -0.355 e. The molecule has 3 aromatic rings. The Bertz CT molecular complexity index is 761. The average Bonchev–Trinajstić information content (AvgIpc) is 3.13. The smallest absolute Gasteiger partial charge is 0.230 e. The number of aryl methyl sites for hydroxylation is 1. The molecule has 0 aliphatic carbocycles. The van der Waals surface area contributed by atoms with Crippen molar-refractivity contribution in [3.05, 3.63) is 48.3 Å². The molecule has 0 bridgehead atoms. The fourth-order valence-corrected chi connectivity index (χ4v) is 3.04. The number of thioether (sulfide) groups is 1. The third-order valence-corrected chi connectivity index (χ3v) is 4.45. The fourth-order valence-electron chi connectivity index (χ4n) is 2.32. The van der Waals surface area contributed by atoms with Gasteiger partial charge < -0.3 is 14.9 Å². The molecule has 120 valence electrons. The van der Waals surface area contributed by atoms with Crippen LogP contribution in [0.5, 0.6) is 0 Å². The van der Waals surface area contributed by atoms with Crippen LogP contribution in [0.1, 0.15) is 11.6 Å². The molecule has 6 nitrogen and oxygen atoms in total. The number of H-pyrrole nitrogens is 1. The molecule has 0 aliphatic heterocycles. The normalized spacial score (nSPS) is 11.0. The molecule has 2 aromatic heterocycles. The van der Waals surface area contributed by atoms with Gasteiger partial charge >= 0.3 is 0 Å². The number of nitrogens with one attached hydrogen (secondary N) is 2. The first kappa shape index (κ1) is 15.6. The van der Waals surface area contributed by atoms with Gasteiger partial charge in [0.15, 0.2) is 0 Å². The highest BCUT2D eigenvalue weighted by molar-refractivity contribution is 7.99. The lowest BCUT2D eigenvalue weighted by Crippen LogP contribution is -2.28. The second kappa shape index (κ2) is 7.32. The zero-order chi connectivity index (χ0) is 16.1. The highest BCUT2D eigenvalue weighted by Gasteiger charge is 2.06. The number of para-hydroxylation sites is 2. The summed E-state index contributed by atoms with van der Waals surface area (Å²) in [5.41, 5.74) is 1.99. The van der Waals surface area contributed by atoms with Crippen molar-refractivity contribution in [2.45, 2.75) is 12.2 Å². The number of aromatic nitrogens is 4. The number of imidazole rings is 2. The highest BCUT2D eigenvalue weighted by Crippen LogP contribution is 2.14. The first-order valence-corrected chi connectivity index (χ1v) is 8.62. The van der Waals surface area contributed by atoms with Crippen molar-refractivity contribution < 1.29 is 4.79 Å². The van der Waals surface area contributed by atoms with Gasteiger partial charge in [0.05, 0.1) is 22.5 Å². The van der Waals surface area contributed by atoms with Crippen LogP contribution in [0.3, 0.4) is 0 Å². The Kier molecular flexibility index (Phi) is 4.97. The van der Waals surface area contributed by atoms with Gasteiger partial charge in [0.25, 0.3) is 0 Å². The zero-order valence-corrected chi connectivity index (χ0v) is 13.8. The minimum absolute atomic E-state index is 0.0420. The van der Waals surface area contributed by atoms with Crippen LogP contribution < -0.4 is 5.32 Å². The summed E-state index contributed by atoms with van der Waals surface area (Å²) in [5.74, 6) is 3.04. The van der Waals surface area contributed by atoms with Crippen LogP contribution in [-0.4, -0.2) is 37.7 Å². The minimum atomic E-state index is 0.0420. The van der Waals surface area contributed by atoms with E-state index >= 15 is 0 Å². The third kappa shape index (κ3) is 4.13. The molecule has 23 heavy (non-hydrogen) atoms. The van der Waals surface area contributed by atoms with Gasteiger partial charge in [-0.15, -0.1) is 11.8 Å². The molecule has 0 atom stereocenters. The maximum atomic E-state index is 11.8. The average molecular weight is 329 g/mol. The van der Waals surface area contributed by atoms with Gasteiger partial charge in [-0.05, 0) is 12.1 Å². The van der Waals surface area contributed by atoms with E-state index in [1.54, 1.807) is 18.0 Å². The predicted octanol–water partition coefficient (Wildman–Crippen LogP) is 1.89. The van der Waals surface area contributed by atoms with Gasteiger partial charge in [-0.1, -0.05) is 12.1 Å². The van der Waals surface area contributed by atoms with Crippen molar-refractivity contribution in [1.29, 1.82) is 0 Å². The Hall–Kier alpha value is -2.28. The molecule has 2 N–H and O–H groups in total. The molecule has 0 radical (unpaired) electrons. The van der Waals surface area contributed by atoms with E-state index in [1.165, 1.54) is 0 Å². The second-order valence-electron chi connectivity index (χ2n) is 5.25. The van der Waals surface area contributed by atoms with Crippen molar-refractivity contribution >= 4 is 28.7 Å². The topological polar surface area (TPSA) is 75.6 Å². The summed E-state index contributed by atoms with van der Waals surface area (Å²) in [6.45, 7) is 0.606. The lowest BCUT2D eigenvalue weighted by Gasteiger charge is -2.05. The molecule has 0 saturated heterocycles. The fraction of sp³-hybridized carbons (Fsp3) is 0.312. The zero-order valence-electron chi connectivity index (χ0n) is 13.0. The van der Waals surface area contributed by atoms with E-state index in [0.29, 0.717) is 18.1 Å². The number of amides is 1. The summed E-state index contributed by atoms with van der Waals surface area (Å²) in [4.78, 5) is 23.8. The number of hydrogen-bond acceptors (Lipinski definition) is 4. The van der Waals surface area contributed by atoms with Crippen LogP contribution in [0, 0.1) is 0 Å². The van der Waals surface area contributed by atoms with E-state index in [2.05, 4.69) is 20.3 Å². The Balaban J connectivity index is 1.38. The number of benzene rings is 1. The van der Waals surface area contributed by atoms with Gasteiger partial charge in [0.2, 0.25) is 5.91 Å². The molecular weight excluding hydrogens is 310 g/mol. The molecule has 0 aliphatic rings. The monoisotopic (exact) mass is 329 g/mol. The van der Waals surface area contributed by atoms with Crippen molar-refractivity contribution in [3.63, 3.8) is 0 Å². The van der Waals surface area contributed by atoms with Crippen molar-refractivity contribution in [3.8, 4) is 0 Å². The van der Waals surface area contributed by atoms with E-state index < -0.39 is 0 Å². The van der Waals surface area contributed by atoms with Crippen molar-refractivity contribution in [2.75, 3.05) is 12.3 Å². The number of nitrogens with zero attached hydrogens (tertiary/aromatic N) is 3. The molecule has 0 fully saturated rings. The second-order valence-corrected chi connectivity index (χ2v) is 6.23. The third-order valence-electron chi connectivity index (χ3n) is 3.50. The standard InChI is InChI=1S/C16H19N5OS/c1-21-9-8-17-15(21)6-7-18-16(22)11-23-10-14-19-12-4-2-3-5-13(12)20-14/h2-5,8-9H,6-7,10-11H2,1H3,(H,18,22)(H,19,20). The lowest BCUT2D eigenvalue weighted by molar-refractivity contribution is -0.118. The Morgan fingerprint density at radius 2 is 2.26 bits per heavy atom. The number of aromatic amines is 1. The van der Waals surface area contributed by atoms with E-state index in [-0.39, 0.29) is 5.91 Å². The summed E-state index contributed by atoms with van der Waals surface area (Å²) >= 11 is 1.55. The largest absolute Gasteiger partial charge is 0.355 e. The molecule has 2 heterocycles. The van der Waals surface area contributed by atoms with Crippen LogP contribution >= 0.6 is 11.8 Å². The van der Waals surface area contributed by atoms with Gasteiger partial charge in [-0.2, -0.15) is 0 Å². The van der Waals surface area contributed by atoms with Crippen LogP contribution in [0.2, 0.25) is 0 Å². The van der Waals surface area contributed by atoms with Gasteiger partial charge in [0, 0.05) is 32.4 Å². The van der Waals surface area contributed by atoms with Crippen molar-refractivity contribution in [2.24, 2.45) is 7.05 Å². The predicted molar refractivity (Wildman–Crippen MR) is 92.2 cm³/mol. The molecule has 3 rings (SSSR count). The van der Waals surface area contributed by atoms with Gasteiger partial charge in [-0.3, -0.25) is 4.79 Å². The SMILES string of the molecule is Cn1ccnc1CCNC(=O)CSCc1nc2ccccc2[nH]1. The van der Waals surface area contributed by atoms with Crippen molar-refractivity contribution in [1.82, 2.24) is 24.8 Å². The summed E-state index contributed by atoms with van der Waals surface area (Å²) in [6.07, 6.45) is 4.41. The van der Waals surface area contributed by atoms with E-state index in [4.69, 9.17) is 0 Å². The Labute approximate surface area is 138 Å². The summed E-state index contributed by atoms with van der Waals surface area (Å²) in [6, 6.07) is 7.92. The Morgan fingerprint density at radius 1 is 1.39 bits per heavy atom. The highest BCUT2D eigenvalue weighted by atomic mass is 32.2. The molecular formula is C16H19N5OS. The number of fused-ring (bicyclic) bond motifs is 1. The van der Waals surface area contributed by atoms with Crippen LogP contribution in [0.15, 0.2) is 36.7 Å². The number of carbonyl (C=O) groups is 1. The summed E-state index contributed by atoms with van der Waals surface area (Å²) in [5, 5.41) is 2.92. The molecule has 1 amide bonds. The maximum Gasteiger partial charge on any atom is 0.230 e. The molecule has 0 saturated carbocycles. The van der Waals surface area contributed by atoms with Crippen LogP contribution in [0.25, 0.3) is 11.0 Å². The quantitative estimate of drug-likeness (QED) is 0.694. The Morgan fingerprint density at radius 3 is 3.04 bits per heavy atom. The van der Waals surface area contributed by atoms with Gasteiger partial charge in [0.1, 0.15) is 11.6 Å².